The number of aromatic nitrogens is 1. The fourth-order valence-electron chi connectivity index (χ4n) is 3.00. The molecule has 1 N–H and O–H groups in total. The molecule has 6 heteroatoms. The SMILES string of the molecule is CN(C)c1ccc([C@@H](CNc2oc(-c3ccccc3)nc2C#N)N(C)C)cc1. The third kappa shape index (κ3) is 4.33. The van der Waals surface area contributed by atoms with E-state index in [9.17, 15) is 5.26 Å². The van der Waals surface area contributed by atoms with Gasteiger partial charge in [-0.05, 0) is 43.9 Å². The average Bonchev–Trinajstić information content (AvgIpc) is 3.12. The number of benzene rings is 2. The maximum absolute atomic E-state index is 9.43. The van der Waals surface area contributed by atoms with Gasteiger partial charge < -0.3 is 19.5 Å². The van der Waals surface area contributed by atoms with Crippen molar-refractivity contribution in [2.24, 2.45) is 0 Å². The van der Waals surface area contributed by atoms with E-state index in [1.165, 1.54) is 5.56 Å². The molecule has 28 heavy (non-hydrogen) atoms. The van der Waals surface area contributed by atoms with Crippen LogP contribution in [0, 0.1) is 11.3 Å². The van der Waals surface area contributed by atoms with E-state index in [-0.39, 0.29) is 11.7 Å². The molecule has 144 valence electrons. The lowest BCUT2D eigenvalue weighted by molar-refractivity contribution is 0.310. The quantitative estimate of drug-likeness (QED) is 0.673. The largest absolute Gasteiger partial charge is 0.419 e. The minimum Gasteiger partial charge on any atom is -0.419 e. The molecule has 0 aliphatic rings. The van der Waals surface area contributed by atoms with Crippen LogP contribution in [-0.4, -0.2) is 44.6 Å². The molecule has 2 aromatic carbocycles. The maximum atomic E-state index is 9.43. The number of hydrogen-bond acceptors (Lipinski definition) is 6. The summed E-state index contributed by atoms with van der Waals surface area (Å²) in [4.78, 5) is 8.53. The first-order valence-corrected chi connectivity index (χ1v) is 9.13. The molecule has 3 aromatic rings. The summed E-state index contributed by atoms with van der Waals surface area (Å²) in [5, 5.41) is 12.7. The highest BCUT2D eigenvalue weighted by Crippen LogP contribution is 2.27. The molecule has 0 bridgehead atoms. The summed E-state index contributed by atoms with van der Waals surface area (Å²) < 4.78 is 5.84. The minimum atomic E-state index is 0.119. The van der Waals surface area contributed by atoms with Gasteiger partial charge in [0.1, 0.15) is 6.07 Å². The van der Waals surface area contributed by atoms with Crippen molar-refractivity contribution in [3.05, 3.63) is 65.9 Å². The van der Waals surface area contributed by atoms with Crippen molar-refractivity contribution in [2.45, 2.75) is 6.04 Å². The molecular weight excluding hydrogens is 350 g/mol. The number of rotatable bonds is 7. The van der Waals surface area contributed by atoms with Gasteiger partial charge in [0.25, 0.3) is 0 Å². The number of hydrogen-bond donors (Lipinski definition) is 1. The first kappa shape index (κ1) is 19.5. The van der Waals surface area contributed by atoms with Crippen LogP contribution in [0.1, 0.15) is 17.3 Å². The highest BCUT2D eigenvalue weighted by Gasteiger charge is 2.18. The zero-order valence-electron chi connectivity index (χ0n) is 16.7. The van der Waals surface area contributed by atoms with E-state index in [4.69, 9.17) is 4.42 Å². The molecule has 0 unspecified atom stereocenters. The van der Waals surface area contributed by atoms with Gasteiger partial charge in [-0.1, -0.05) is 30.3 Å². The van der Waals surface area contributed by atoms with Gasteiger partial charge in [-0.15, -0.1) is 0 Å². The average molecular weight is 375 g/mol. The molecule has 0 aliphatic heterocycles. The zero-order valence-corrected chi connectivity index (χ0v) is 16.7. The summed E-state index contributed by atoms with van der Waals surface area (Å²) in [5.41, 5.74) is 3.45. The summed E-state index contributed by atoms with van der Waals surface area (Å²) in [7, 11) is 8.12. The van der Waals surface area contributed by atoms with Gasteiger partial charge >= 0.3 is 0 Å². The van der Waals surface area contributed by atoms with Crippen molar-refractivity contribution in [2.75, 3.05) is 45.0 Å². The number of oxazole rings is 1. The second-order valence-electron chi connectivity index (χ2n) is 7.02. The second kappa shape index (κ2) is 8.59. The van der Waals surface area contributed by atoms with Gasteiger partial charge in [-0.3, -0.25) is 0 Å². The summed E-state index contributed by atoms with van der Waals surface area (Å²) in [6, 6.07) is 20.3. The molecule has 0 fully saturated rings. The van der Waals surface area contributed by atoms with Gasteiger partial charge in [-0.2, -0.15) is 10.2 Å². The molecule has 0 radical (unpaired) electrons. The highest BCUT2D eigenvalue weighted by molar-refractivity contribution is 5.58. The van der Waals surface area contributed by atoms with Crippen LogP contribution in [0.4, 0.5) is 11.6 Å². The van der Waals surface area contributed by atoms with Crippen LogP contribution >= 0.6 is 0 Å². The third-order valence-corrected chi connectivity index (χ3v) is 4.63. The number of nitriles is 1. The van der Waals surface area contributed by atoms with Crippen molar-refractivity contribution in [3.63, 3.8) is 0 Å². The number of nitrogens with zero attached hydrogens (tertiary/aromatic N) is 4. The van der Waals surface area contributed by atoms with Gasteiger partial charge in [0.05, 0.1) is 6.04 Å². The van der Waals surface area contributed by atoms with Gasteiger partial charge in [0.2, 0.25) is 17.5 Å². The molecule has 1 heterocycles. The normalized spacial score (nSPS) is 11.9. The van der Waals surface area contributed by atoms with E-state index in [1.54, 1.807) is 0 Å². The molecule has 1 atom stereocenters. The smallest absolute Gasteiger partial charge is 0.232 e. The van der Waals surface area contributed by atoms with Crippen molar-refractivity contribution in [1.29, 1.82) is 5.26 Å². The van der Waals surface area contributed by atoms with E-state index in [2.05, 4.69) is 50.4 Å². The Labute approximate surface area is 166 Å². The van der Waals surface area contributed by atoms with Gasteiger partial charge in [0.15, 0.2) is 0 Å². The summed E-state index contributed by atoms with van der Waals surface area (Å²) >= 11 is 0. The van der Waals surface area contributed by atoms with Gasteiger partial charge in [-0.25, -0.2) is 0 Å². The lowest BCUT2D eigenvalue weighted by Gasteiger charge is -2.25. The van der Waals surface area contributed by atoms with Crippen molar-refractivity contribution < 1.29 is 4.42 Å². The van der Waals surface area contributed by atoms with E-state index < -0.39 is 0 Å². The van der Waals surface area contributed by atoms with Crippen molar-refractivity contribution in [1.82, 2.24) is 9.88 Å². The number of nitrogens with one attached hydrogen (secondary N) is 1. The molecule has 3 rings (SSSR count). The second-order valence-corrected chi connectivity index (χ2v) is 7.02. The van der Waals surface area contributed by atoms with E-state index in [1.807, 2.05) is 58.5 Å². The Hall–Kier alpha value is -3.30. The Morgan fingerprint density at radius 1 is 1.04 bits per heavy atom. The van der Waals surface area contributed by atoms with Crippen molar-refractivity contribution >= 4 is 11.6 Å². The van der Waals surface area contributed by atoms with Crippen LogP contribution in [-0.2, 0) is 0 Å². The Kier molecular flexibility index (Phi) is 5.97. The predicted octanol–water partition coefficient (Wildman–Crippen LogP) is 3.99. The topological polar surface area (TPSA) is 68.3 Å². The third-order valence-electron chi connectivity index (χ3n) is 4.63. The van der Waals surface area contributed by atoms with Crippen LogP contribution in [0.25, 0.3) is 11.5 Å². The Morgan fingerprint density at radius 3 is 2.29 bits per heavy atom. The Morgan fingerprint density at radius 2 is 1.71 bits per heavy atom. The fourth-order valence-corrected chi connectivity index (χ4v) is 3.00. The minimum absolute atomic E-state index is 0.119. The number of likely N-dealkylation sites (N-methyl/N-ethyl adjacent to an activating group) is 1. The van der Waals surface area contributed by atoms with Crippen molar-refractivity contribution in [3.8, 4) is 17.5 Å². The lowest BCUT2D eigenvalue weighted by atomic mass is 10.1. The van der Waals surface area contributed by atoms with Gasteiger partial charge in [0, 0.05) is 31.9 Å². The fraction of sp³-hybridized carbons (Fsp3) is 0.273. The lowest BCUT2D eigenvalue weighted by Crippen LogP contribution is -2.27. The standard InChI is InChI=1S/C22H25N5O/c1-26(2)18-12-10-16(11-13-18)20(27(3)4)15-24-22-19(14-23)25-21(28-22)17-8-6-5-7-9-17/h5-13,20,24H,15H2,1-4H3/t20-/m1/s1. The summed E-state index contributed by atoms with van der Waals surface area (Å²) in [5.74, 6) is 0.842. The Bertz CT molecular complexity index is 939. The molecule has 6 nitrogen and oxygen atoms in total. The van der Waals surface area contributed by atoms with Crippen LogP contribution in [0.5, 0.6) is 0 Å². The zero-order chi connectivity index (χ0) is 20.1. The first-order chi connectivity index (χ1) is 13.5. The van der Waals surface area contributed by atoms with E-state index >= 15 is 0 Å². The molecule has 0 aliphatic carbocycles. The van der Waals surface area contributed by atoms with E-state index in [0.717, 1.165) is 11.3 Å². The highest BCUT2D eigenvalue weighted by atomic mass is 16.4. The molecule has 0 spiro atoms. The molecule has 0 saturated carbocycles. The predicted molar refractivity (Wildman–Crippen MR) is 112 cm³/mol. The van der Waals surface area contributed by atoms with Crippen LogP contribution < -0.4 is 10.2 Å². The Balaban J connectivity index is 1.79. The number of anilines is 2. The first-order valence-electron chi connectivity index (χ1n) is 9.13. The summed E-state index contributed by atoms with van der Waals surface area (Å²) in [6.07, 6.45) is 0. The van der Waals surface area contributed by atoms with Crippen LogP contribution in [0.3, 0.4) is 0 Å². The van der Waals surface area contributed by atoms with Crippen LogP contribution in [0.2, 0.25) is 0 Å². The summed E-state index contributed by atoms with van der Waals surface area (Å²) in [6.45, 7) is 0.590. The molecule has 0 amide bonds. The van der Waals surface area contributed by atoms with E-state index in [0.29, 0.717) is 18.3 Å². The molecule has 1 aromatic heterocycles. The molecule has 0 saturated heterocycles. The molecular formula is C22H25N5O. The van der Waals surface area contributed by atoms with Crippen LogP contribution in [0.15, 0.2) is 59.0 Å². The monoisotopic (exact) mass is 375 g/mol. The maximum Gasteiger partial charge on any atom is 0.232 e.